The Morgan fingerprint density at radius 1 is 1.27 bits per heavy atom. The zero-order valence-electron chi connectivity index (χ0n) is 14.3. The lowest BCUT2D eigenvalue weighted by molar-refractivity contribution is -0.142. The van der Waals surface area contributed by atoms with E-state index in [4.69, 9.17) is 9.47 Å². The number of hydrogen-bond acceptors (Lipinski definition) is 8. The third kappa shape index (κ3) is 5.85. The molecule has 0 radical (unpaired) electrons. The Bertz CT molecular complexity index is 791. The van der Waals surface area contributed by atoms with Gasteiger partial charge in [0, 0.05) is 5.38 Å². The second kappa shape index (κ2) is 9.93. The van der Waals surface area contributed by atoms with Gasteiger partial charge in [-0.1, -0.05) is 23.9 Å². The molecule has 0 aliphatic carbocycles. The normalized spacial score (nSPS) is 10.2. The highest BCUT2D eigenvalue weighted by atomic mass is 32.2. The number of aromatic nitrogens is 1. The molecule has 0 aliphatic rings. The molecule has 7 nitrogen and oxygen atoms in total. The van der Waals surface area contributed by atoms with Gasteiger partial charge in [0.15, 0.2) is 4.34 Å². The quantitative estimate of drug-likeness (QED) is 0.542. The molecule has 0 unspecified atom stereocenters. The summed E-state index contributed by atoms with van der Waals surface area (Å²) in [6, 6.07) is 6.66. The zero-order valence-corrected chi connectivity index (χ0v) is 15.9. The van der Waals surface area contributed by atoms with E-state index in [-0.39, 0.29) is 18.1 Å². The summed E-state index contributed by atoms with van der Waals surface area (Å²) in [4.78, 5) is 39.8. The number of amides is 2. The predicted molar refractivity (Wildman–Crippen MR) is 98.6 cm³/mol. The first kappa shape index (κ1) is 19.9. The molecule has 1 N–H and O–H groups in total. The molecular weight excluding hydrogens is 376 g/mol. The van der Waals surface area contributed by atoms with Crippen LogP contribution < -0.4 is 10.1 Å². The molecule has 1 aromatic heterocycles. The second-order valence-corrected chi connectivity index (χ2v) is 7.03. The number of methoxy groups -OCH3 is 1. The van der Waals surface area contributed by atoms with Crippen LogP contribution in [0.15, 0.2) is 34.0 Å². The summed E-state index contributed by atoms with van der Waals surface area (Å²) in [6.07, 6.45) is 0.101. The highest BCUT2D eigenvalue weighted by Crippen LogP contribution is 2.23. The number of nitrogens with one attached hydrogen (secondary N) is 1. The van der Waals surface area contributed by atoms with Crippen molar-refractivity contribution in [1.82, 2.24) is 10.3 Å². The van der Waals surface area contributed by atoms with Crippen LogP contribution in [0.2, 0.25) is 0 Å². The molecule has 1 aromatic carbocycles. The number of esters is 1. The highest BCUT2D eigenvalue weighted by molar-refractivity contribution is 8.01. The van der Waals surface area contributed by atoms with Crippen molar-refractivity contribution in [2.24, 2.45) is 0 Å². The summed E-state index contributed by atoms with van der Waals surface area (Å²) in [5.41, 5.74) is 0.890. The van der Waals surface area contributed by atoms with E-state index in [1.807, 2.05) is 0 Å². The Balaban J connectivity index is 1.84. The molecule has 9 heteroatoms. The van der Waals surface area contributed by atoms with E-state index >= 15 is 0 Å². The Kier molecular flexibility index (Phi) is 7.61. The van der Waals surface area contributed by atoms with Gasteiger partial charge in [-0.15, -0.1) is 11.3 Å². The maximum absolute atomic E-state index is 12.1. The summed E-state index contributed by atoms with van der Waals surface area (Å²) in [5, 5.41) is 4.07. The Morgan fingerprint density at radius 2 is 2.04 bits per heavy atom. The zero-order chi connectivity index (χ0) is 18.9. The van der Waals surface area contributed by atoms with Crippen molar-refractivity contribution in [1.29, 1.82) is 0 Å². The third-order valence-corrected chi connectivity index (χ3v) is 5.16. The summed E-state index contributed by atoms with van der Waals surface area (Å²) in [5.74, 6) is -0.862. The van der Waals surface area contributed by atoms with Gasteiger partial charge < -0.3 is 9.47 Å². The maximum atomic E-state index is 12.1. The number of benzene rings is 1. The first-order chi connectivity index (χ1) is 12.5. The highest BCUT2D eigenvalue weighted by Gasteiger charge is 2.15. The summed E-state index contributed by atoms with van der Waals surface area (Å²) < 4.78 is 10.6. The van der Waals surface area contributed by atoms with E-state index in [0.717, 1.165) is 0 Å². The predicted octanol–water partition coefficient (Wildman–Crippen LogP) is 2.31. The number of hydrogen-bond donors (Lipinski definition) is 1. The lowest BCUT2D eigenvalue weighted by Crippen LogP contribution is -2.32. The number of ether oxygens (including phenoxy) is 2. The van der Waals surface area contributed by atoms with Crippen LogP contribution in [-0.2, 0) is 20.7 Å². The Morgan fingerprint density at radius 3 is 2.77 bits per heavy atom. The molecule has 2 rings (SSSR count). The van der Waals surface area contributed by atoms with E-state index in [9.17, 15) is 14.4 Å². The van der Waals surface area contributed by atoms with Crippen LogP contribution in [0.1, 0.15) is 23.0 Å². The van der Waals surface area contributed by atoms with Crippen molar-refractivity contribution in [3.8, 4) is 5.75 Å². The number of carbonyl (C=O) groups excluding carboxylic acids is 3. The monoisotopic (exact) mass is 394 g/mol. The molecule has 1 heterocycles. The van der Waals surface area contributed by atoms with Crippen molar-refractivity contribution in [2.75, 3.05) is 19.5 Å². The summed E-state index contributed by atoms with van der Waals surface area (Å²) >= 11 is 2.53. The second-order valence-electron chi connectivity index (χ2n) is 4.95. The smallest absolute Gasteiger partial charge is 0.311 e. The van der Waals surface area contributed by atoms with Crippen molar-refractivity contribution >= 4 is 40.9 Å². The largest absolute Gasteiger partial charge is 0.496 e. The van der Waals surface area contributed by atoms with Crippen LogP contribution >= 0.6 is 23.1 Å². The van der Waals surface area contributed by atoms with Gasteiger partial charge in [0.05, 0.1) is 37.1 Å². The van der Waals surface area contributed by atoms with Crippen LogP contribution in [0.3, 0.4) is 0 Å². The number of para-hydroxylation sites is 1. The van der Waals surface area contributed by atoms with Gasteiger partial charge >= 0.3 is 5.97 Å². The third-order valence-electron chi connectivity index (χ3n) is 3.09. The van der Waals surface area contributed by atoms with Gasteiger partial charge in [0.1, 0.15) is 5.75 Å². The first-order valence-corrected chi connectivity index (χ1v) is 9.60. The van der Waals surface area contributed by atoms with E-state index in [1.54, 1.807) is 36.6 Å². The van der Waals surface area contributed by atoms with Gasteiger partial charge in [-0.3, -0.25) is 19.7 Å². The van der Waals surface area contributed by atoms with Gasteiger partial charge in [-0.25, -0.2) is 4.98 Å². The number of imide groups is 1. The molecule has 0 saturated heterocycles. The van der Waals surface area contributed by atoms with Crippen molar-refractivity contribution in [3.05, 3.63) is 40.9 Å². The average Bonchev–Trinajstić information content (AvgIpc) is 3.07. The number of thioether (sulfide) groups is 1. The summed E-state index contributed by atoms with van der Waals surface area (Å²) in [7, 11) is 1.46. The maximum Gasteiger partial charge on any atom is 0.311 e. The molecule has 26 heavy (non-hydrogen) atoms. The molecule has 0 bridgehead atoms. The molecule has 0 fully saturated rings. The van der Waals surface area contributed by atoms with Crippen LogP contribution in [0, 0.1) is 0 Å². The number of thiazole rings is 1. The topological polar surface area (TPSA) is 94.6 Å². The van der Waals surface area contributed by atoms with Crippen molar-refractivity contribution < 1.29 is 23.9 Å². The fraction of sp³-hybridized carbons (Fsp3) is 0.294. The molecule has 0 atom stereocenters. The molecule has 2 amide bonds. The lowest BCUT2D eigenvalue weighted by Gasteiger charge is -2.07. The van der Waals surface area contributed by atoms with E-state index in [1.165, 1.54) is 30.2 Å². The van der Waals surface area contributed by atoms with Crippen molar-refractivity contribution in [3.63, 3.8) is 0 Å². The molecule has 0 spiro atoms. The molecule has 0 saturated carbocycles. The molecule has 0 aliphatic heterocycles. The molecular formula is C17H18N2O5S2. The van der Waals surface area contributed by atoms with Gasteiger partial charge in [-0.05, 0) is 19.1 Å². The number of nitrogens with zero attached hydrogens (tertiary/aromatic N) is 1. The van der Waals surface area contributed by atoms with Gasteiger partial charge in [0.2, 0.25) is 5.91 Å². The lowest BCUT2D eigenvalue weighted by atomic mass is 10.2. The minimum absolute atomic E-state index is 0.0350. The standard InChI is InChI=1S/C17H18N2O5S2/c1-3-24-15(21)8-11-9-25-17(18-11)26-10-14(20)19-16(22)12-6-4-5-7-13(12)23-2/h4-7,9H,3,8,10H2,1-2H3,(H,19,20,22). The Labute approximate surface area is 159 Å². The van der Waals surface area contributed by atoms with E-state index < -0.39 is 11.8 Å². The van der Waals surface area contributed by atoms with Gasteiger partial charge in [0.25, 0.3) is 5.91 Å². The van der Waals surface area contributed by atoms with Crippen LogP contribution in [0.4, 0.5) is 0 Å². The fourth-order valence-corrected chi connectivity index (χ4v) is 3.63. The molecule has 138 valence electrons. The van der Waals surface area contributed by atoms with Crippen LogP contribution in [-0.4, -0.2) is 42.2 Å². The minimum Gasteiger partial charge on any atom is -0.496 e. The van der Waals surface area contributed by atoms with Crippen LogP contribution in [0.5, 0.6) is 5.75 Å². The SMILES string of the molecule is CCOC(=O)Cc1csc(SCC(=O)NC(=O)c2ccccc2OC)n1. The molecule has 2 aromatic rings. The Hall–Kier alpha value is -2.39. The number of rotatable bonds is 8. The van der Waals surface area contributed by atoms with Crippen LogP contribution in [0.25, 0.3) is 0 Å². The fourth-order valence-electron chi connectivity index (χ4n) is 1.99. The average molecular weight is 394 g/mol. The van der Waals surface area contributed by atoms with E-state index in [0.29, 0.717) is 28.0 Å². The number of carbonyl (C=O) groups is 3. The van der Waals surface area contributed by atoms with E-state index in [2.05, 4.69) is 10.3 Å². The van der Waals surface area contributed by atoms with Gasteiger partial charge in [-0.2, -0.15) is 0 Å². The summed E-state index contributed by atoms with van der Waals surface area (Å²) in [6.45, 7) is 2.07. The van der Waals surface area contributed by atoms with Crippen molar-refractivity contribution in [2.45, 2.75) is 17.7 Å². The first-order valence-electron chi connectivity index (χ1n) is 7.73. The minimum atomic E-state index is -0.518.